The molecule has 2 aromatic carbocycles. The third-order valence-corrected chi connectivity index (χ3v) is 7.18. The van der Waals surface area contributed by atoms with Gasteiger partial charge in [-0.15, -0.1) is 11.8 Å². The summed E-state index contributed by atoms with van der Waals surface area (Å²) < 4.78 is 5.87. The molecule has 0 radical (unpaired) electrons. The summed E-state index contributed by atoms with van der Waals surface area (Å²) in [4.78, 5) is 14.3. The first-order chi connectivity index (χ1) is 13.8. The first-order valence-electron chi connectivity index (χ1n) is 9.99. The van der Waals surface area contributed by atoms with E-state index in [2.05, 4.69) is 22.8 Å². The van der Waals surface area contributed by atoms with Gasteiger partial charge in [0.15, 0.2) is 0 Å². The molecule has 1 amide bonds. The quantitative estimate of drug-likeness (QED) is 0.804. The molecular weight excluding hydrogens is 368 g/mol. The van der Waals surface area contributed by atoms with Crippen LogP contribution in [-0.4, -0.2) is 11.3 Å². The fraction of sp³-hybridized carbons (Fsp3) is 0.348. The van der Waals surface area contributed by atoms with E-state index in [1.807, 2.05) is 54.2 Å². The van der Waals surface area contributed by atoms with Gasteiger partial charge >= 0.3 is 0 Å². The molecule has 0 aromatic heterocycles. The fourth-order valence-corrected chi connectivity index (χ4v) is 5.89. The van der Waals surface area contributed by atoms with E-state index in [9.17, 15) is 4.79 Å². The van der Waals surface area contributed by atoms with Gasteiger partial charge in [-0.1, -0.05) is 42.5 Å². The van der Waals surface area contributed by atoms with Crippen LogP contribution < -0.4 is 15.4 Å². The maximum absolute atomic E-state index is 12.8. The Balaban J connectivity index is 1.24. The molecule has 5 rings (SSSR count). The predicted octanol–water partition coefficient (Wildman–Crippen LogP) is 4.50. The van der Waals surface area contributed by atoms with Crippen LogP contribution in [0.5, 0.6) is 5.75 Å². The van der Waals surface area contributed by atoms with Crippen LogP contribution in [-0.2, 0) is 11.4 Å². The molecule has 144 valence electrons. The summed E-state index contributed by atoms with van der Waals surface area (Å²) in [6.45, 7) is 0.552. The molecule has 0 saturated carbocycles. The zero-order valence-corrected chi connectivity index (χ0v) is 16.5. The van der Waals surface area contributed by atoms with Gasteiger partial charge in [0.25, 0.3) is 0 Å². The van der Waals surface area contributed by atoms with Crippen molar-refractivity contribution in [3.05, 3.63) is 76.2 Å². The number of carbonyl (C=O) groups excluding carboxylic acids is 1. The summed E-state index contributed by atoms with van der Waals surface area (Å²) in [5.41, 5.74) is 3.59. The van der Waals surface area contributed by atoms with Crippen LogP contribution in [0.3, 0.4) is 0 Å². The monoisotopic (exact) mass is 392 g/mol. The van der Waals surface area contributed by atoms with E-state index in [0.29, 0.717) is 6.61 Å². The Bertz CT molecular complexity index is 895. The summed E-state index contributed by atoms with van der Waals surface area (Å²) in [6.07, 6.45) is 4.53. The van der Waals surface area contributed by atoms with E-state index < -0.39 is 0 Å². The van der Waals surface area contributed by atoms with Gasteiger partial charge in [0.1, 0.15) is 18.5 Å². The van der Waals surface area contributed by atoms with Gasteiger partial charge in [-0.25, -0.2) is 0 Å². The Morgan fingerprint density at radius 3 is 2.61 bits per heavy atom. The van der Waals surface area contributed by atoms with Gasteiger partial charge in [-0.2, -0.15) is 0 Å². The van der Waals surface area contributed by atoms with Crippen molar-refractivity contribution in [3.63, 3.8) is 0 Å². The molecule has 2 aliphatic heterocycles. The van der Waals surface area contributed by atoms with E-state index in [-0.39, 0.29) is 23.4 Å². The van der Waals surface area contributed by atoms with E-state index in [1.165, 1.54) is 23.3 Å². The normalized spacial score (nSPS) is 26.4. The van der Waals surface area contributed by atoms with Gasteiger partial charge in [0.2, 0.25) is 5.91 Å². The molecule has 3 aliphatic rings. The number of benzene rings is 2. The number of thioether (sulfide) groups is 1. The first kappa shape index (κ1) is 17.8. The highest BCUT2D eigenvalue weighted by Gasteiger charge is 2.45. The lowest BCUT2D eigenvalue weighted by Gasteiger charge is -2.34. The van der Waals surface area contributed by atoms with Crippen molar-refractivity contribution in [1.29, 1.82) is 0 Å². The Morgan fingerprint density at radius 2 is 1.79 bits per heavy atom. The zero-order valence-electron chi connectivity index (χ0n) is 15.7. The van der Waals surface area contributed by atoms with Crippen molar-refractivity contribution >= 4 is 17.7 Å². The van der Waals surface area contributed by atoms with Crippen LogP contribution in [0.15, 0.2) is 65.1 Å². The van der Waals surface area contributed by atoms with Crippen molar-refractivity contribution in [2.45, 2.75) is 43.8 Å². The van der Waals surface area contributed by atoms with Crippen LogP contribution in [0.4, 0.5) is 0 Å². The molecule has 1 aliphatic carbocycles. The molecule has 3 unspecified atom stereocenters. The van der Waals surface area contributed by atoms with Crippen LogP contribution >= 0.6 is 11.8 Å². The van der Waals surface area contributed by atoms with Gasteiger partial charge in [-0.05, 0) is 59.4 Å². The molecule has 2 heterocycles. The van der Waals surface area contributed by atoms with E-state index >= 15 is 0 Å². The Morgan fingerprint density at radius 1 is 1.00 bits per heavy atom. The van der Waals surface area contributed by atoms with Crippen molar-refractivity contribution in [2.75, 3.05) is 0 Å². The van der Waals surface area contributed by atoms with Crippen LogP contribution in [0.25, 0.3) is 0 Å². The van der Waals surface area contributed by atoms with Crippen molar-refractivity contribution < 1.29 is 9.53 Å². The minimum Gasteiger partial charge on any atom is -0.489 e. The third-order valence-electron chi connectivity index (χ3n) is 5.77. The lowest BCUT2D eigenvalue weighted by molar-refractivity contribution is -0.127. The number of amides is 1. The SMILES string of the molecule is O=C1NC(c2ccc(OCc3ccccc3)cc2)NC2SC3=C(CCCC3)C12. The van der Waals surface area contributed by atoms with Crippen molar-refractivity contribution in [2.24, 2.45) is 5.92 Å². The van der Waals surface area contributed by atoms with Crippen LogP contribution in [0.1, 0.15) is 43.0 Å². The Labute approximate surface area is 169 Å². The Kier molecular flexibility index (Phi) is 4.87. The summed E-state index contributed by atoms with van der Waals surface area (Å²) in [5, 5.41) is 6.98. The van der Waals surface area contributed by atoms with Gasteiger partial charge in [0.05, 0.1) is 11.3 Å². The largest absolute Gasteiger partial charge is 0.489 e. The van der Waals surface area contributed by atoms with Crippen LogP contribution in [0.2, 0.25) is 0 Å². The molecule has 1 fully saturated rings. The van der Waals surface area contributed by atoms with Gasteiger partial charge < -0.3 is 10.1 Å². The number of carbonyl (C=O) groups is 1. The highest BCUT2D eigenvalue weighted by molar-refractivity contribution is 8.04. The fourth-order valence-electron chi connectivity index (χ4n) is 4.31. The summed E-state index contributed by atoms with van der Waals surface area (Å²) in [5.74, 6) is 1.00. The number of nitrogens with one attached hydrogen (secondary N) is 2. The molecule has 0 bridgehead atoms. The van der Waals surface area contributed by atoms with E-state index in [1.54, 1.807) is 0 Å². The Hall–Kier alpha value is -2.24. The second-order valence-electron chi connectivity index (χ2n) is 7.62. The second-order valence-corrected chi connectivity index (χ2v) is 8.86. The maximum Gasteiger partial charge on any atom is 0.231 e. The maximum atomic E-state index is 12.8. The highest BCUT2D eigenvalue weighted by Crippen LogP contribution is 2.49. The van der Waals surface area contributed by atoms with E-state index in [0.717, 1.165) is 29.7 Å². The third kappa shape index (κ3) is 3.45. The lowest BCUT2D eigenvalue weighted by Crippen LogP contribution is -2.54. The topological polar surface area (TPSA) is 50.4 Å². The van der Waals surface area contributed by atoms with Crippen LogP contribution in [0, 0.1) is 5.92 Å². The number of ether oxygens (including phenoxy) is 1. The second kappa shape index (κ2) is 7.64. The van der Waals surface area contributed by atoms with Gasteiger partial charge in [0, 0.05) is 0 Å². The average molecular weight is 393 g/mol. The summed E-state index contributed by atoms with van der Waals surface area (Å²) in [6, 6.07) is 18.2. The first-order valence-corrected chi connectivity index (χ1v) is 10.9. The molecule has 1 saturated heterocycles. The lowest BCUT2D eigenvalue weighted by atomic mass is 9.87. The molecule has 4 nitrogen and oxygen atoms in total. The number of rotatable bonds is 4. The minimum atomic E-state index is -0.147. The number of allylic oxidation sites excluding steroid dienone is 1. The number of hydrogen-bond donors (Lipinski definition) is 2. The molecule has 3 atom stereocenters. The molecule has 2 N–H and O–H groups in total. The molecule has 0 spiro atoms. The summed E-state index contributed by atoms with van der Waals surface area (Å²) in [7, 11) is 0. The minimum absolute atomic E-state index is 0.00466. The molecule has 5 heteroatoms. The molecule has 2 aromatic rings. The summed E-state index contributed by atoms with van der Waals surface area (Å²) >= 11 is 1.87. The highest BCUT2D eigenvalue weighted by atomic mass is 32.2. The molecule has 28 heavy (non-hydrogen) atoms. The average Bonchev–Trinajstić information content (AvgIpc) is 3.12. The number of fused-ring (bicyclic) bond motifs is 2. The smallest absolute Gasteiger partial charge is 0.231 e. The zero-order chi connectivity index (χ0) is 18.9. The van der Waals surface area contributed by atoms with Gasteiger partial charge in [-0.3, -0.25) is 10.1 Å². The van der Waals surface area contributed by atoms with E-state index in [4.69, 9.17) is 4.74 Å². The standard InChI is InChI=1S/C23H24N2O2S/c26-22-20-18-8-4-5-9-19(18)28-23(20)25-21(24-22)16-10-12-17(13-11-16)27-14-15-6-2-1-3-7-15/h1-3,6-7,10-13,20-21,23,25H,4-5,8-9,14H2,(H,24,26). The number of hydrogen-bond acceptors (Lipinski definition) is 4. The van der Waals surface area contributed by atoms with Crippen molar-refractivity contribution in [1.82, 2.24) is 10.6 Å². The molecular formula is C23H24N2O2S. The van der Waals surface area contributed by atoms with Crippen molar-refractivity contribution in [3.8, 4) is 5.75 Å². The predicted molar refractivity (Wildman–Crippen MR) is 112 cm³/mol.